The number of nitrogens with one attached hydrogen (secondary N) is 1. The van der Waals surface area contributed by atoms with Crippen LogP contribution in [0.3, 0.4) is 0 Å². The summed E-state index contributed by atoms with van der Waals surface area (Å²) in [5, 5.41) is 6.99. The number of aryl methyl sites for hydroxylation is 1. The van der Waals surface area contributed by atoms with Crippen molar-refractivity contribution in [3.8, 4) is 0 Å². The van der Waals surface area contributed by atoms with E-state index >= 15 is 0 Å². The number of rotatable bonds is 9. The molecule has 0 aliphatic rings. The zero-order valence-electron chi connectivity index (χ0n) is 16.8. The van der Waals surface area contributed by atoms with Gasteiger partial charge >= 0.3 is 0 Å². The van der Waals surface area contributed by atoms with Crippen LogP contribution in [-0.2, 0) is 16.0 Å². The summed E-state index contributed by atoms with van der Waals surface area (Å²) in [6, 6.07) is 21.9. The predicted molar refractivity (Wildman–Crippen MR) is 117 cm³/mol. The third-order valence-corrected chi connectivity index (χ3v) is 5.89. The molecule has 0 spiro atoms. The first-order chi connectivity index (χ1) is 14.0. The second-order valence-corrected chi connectivity index (χ2v) is 8.24. The SMILES string of the molecule is CC(=O)[C@H](Cc1ccccc1)NC(=O)C[NH2+][C@H](c1ccc(C)cc1)c1cccs1. The number of carbonyl (C=O) groups excluding carboxylic acids is 2. The summed E-state index contributed by atoms with van der Waals surface area (Å²) in [6.45, 7) is 3.85. The van der Waals surface area contributed by atoms with Gasteiger partial charge in [0.15, 0.2) is 12.3 Å². The lowest BCUT2D eigenvalue weighted by Gasteiger charge is -2.18. The second kappa shape index (κ2) is 10.1. The van der Waals surface area contributed by atoms with Crippen molar-refractivity contribution < 1.29 is 14.9 Å². The van der Waals surface area contributed by atoms with Gasteiger partial charge in [-0.3, -0.25) is 9.59 Å². The highest BCUT2D eigenvalue weighted by Crippen LogP contribution is 2.22. The van der Waals surface area contributed by atoms with E-state index in [0.29, 0.717) is 6.42 Å². The van der Waals surface area contributed by atoms with Gasteiger partial charge in [0.2, 0.25) is 0 Å². The number of benzene rings is 2. The summed E-state index contributed by atoms with van der Waals surface area (Å²) in [5.74, 6) is -0.162. The highest BCUT2D eigenvalue weighted by molar-refractivity contribution is 7.10. The maximum atomic E-state index is 12.6. The lowest BCUT2D eigenvalue weighted by molar-refractivity contribution is -0.676. The molecule has 5 heteroatoms. The van der Waals surface area contributed by atoms with Gasteiger partial charge in [0.05, 0.1) is 10.9 Å². The fourth-order valence-electron chi connectivity index (χ4n) is 3.28. The van der Waals surface area contributed by atoms with Gasteiger partial charge in [-0.05, 0) is 37.3 Å². The molecule has 0 bridgehead atoms. The Kier molecular flexibility index (Phi) is 7.33. The minimum atomic E-state index is -0.502. The van der Waals surface area contributed by atoms with Crippen molar-refractivity contribution >= 4 is 23.0 Å². The normalized spacial score (nSPS) is 12.9. The van der Waals surface area contributed by atoms with E-state index in [1.165, 1.54) is 22.9 Å². The summed E-state index contributed by atoms with van der Waals surface area (Å²) < 4.78 is 0. The third-order valence-electron chi connectivity index (χ3n) is 4.93. The Hall–Kier alpha value is -2.76. The zero-order chi connectivity index (χ0) is 20.6. The van der Waals surface area contributed by atoms with Crippen molar-refractivity contribution in [1.29, 1.82) is 0 Å². The van der Waals surface area contributed by atoms with Gasteiger partial charge in [-0.25, -0.2) is 0 Å². The lowest BCUT2D eigenvalue weighted by atomic mass is 10.0. The molecule has 1 amide bonds. The van der Waals surface area contributed by atoms with Gasteiger partial charge in [-0.15, -0.1) is 11.3 Å². The molecule has 0 fully saturated rings. The number of hydrogen-bond acceptors (Lipinski definition) is 3. The van der Waals surface area contributed by atoms with E-state index in [1.54, 1.807) is 11.3 Å². The molecule has 0 aliphatic carbocycles. The Labute approximate surface area is 176 Å². The Morgan fingerprint density at radius 3 is 2.34 bits per heavy atom. The van der Waals surface area contributed by atoms with E-state index in [9.17, 15) is 9.59 Å². The summed E-state index contributed by atoms with van der Waals surface area (Å²) in [6.07, 6.45) is 0.508. The molecular formula is C24H27N2O2S+. The largest absolute Gasteiger partial charge is 0.341 e. The van der Waals surface area contributed by atoms with Crippen LogP contribution in [0.2, 0.25) is 0 Å². The molecule has 0 aliphatic heterocycles. The topological polar surface area (TPSA) is 62.8 Å². The van der Waals surface area contributed by atoms with Crippen LogP contribution in [0.4, 0.5) is 0 Å². The number of amides is 1. The van der Waals surface area contributed by atoms with Crippen LogP contribution in [-0.4, -0.2) is 24.3 Å². The van der Waals surface area contributed by atoms with Gasteiger partial charge < -0.3 is 10.6 Å². The Morgan fingerprint density at radius 1 is 1.00 bits per heavy atom. The smallest absolute Gasteiger partial charge is 0.275 e. The predicted octanol–water partition coefficient (Wildman–Crippen LogP) is 3.03. The fraction of sp³-hybridized carbons (Fsp3) is 0.250. The first kappa shape index (κ1) is 21.0. The molecule has 0 saturated carbocycles. The molecule has 150 valence electrons. The number of quaternary nitrogens is 1. The van der Waals surface area contributed by atoms with Crippen LogP contribution < -0.4 is 10.6 Å². The van der Waals surface area contributed by atoms with E-state index in [0.717, 1.165) is 5.56 Å². The number of thiophene rings is 1. The first-order valence-electron chi connectivity index (χ1n) is 9.80. The maximum absolute atomic E-state index is 12.6. The van der Waals surface area contributed by atoms with Gasteiger partial charge in [-0.1, -0.05) is 66.2 Å². The Morgan fingerprint density at radius 2 is 1.72 bits per heavy atom. The third kappa shape index (κ3) is 6.11. The first-order valence-corrected chi connectivity index (χ1v) is 10.7. The van der Waals surface area contributed by atoms with E-state index < -0.39 is 6.04 Å². The van der Waals surface area contributed by atoms with E-state index in [1.807, 2.05) is 41.7 Å². The minimum Gasteiger partial charge on any atom is -0.341 e. The molecule has 3 N–H and O–H groups in total. The minimum absolute atomic E-state index is 0.0319. The molecule has 1 heterocycles. The molecule has 0 unspecified atom stereocenters. The van der Waals surface area contributed by atoms with E-state index in [4.69, 9.17) is 0 Å². The molecule has 29 heavy (non-hydrogen) atoms. The average Bonchev–Trinajstić information content (AvgIpc) is 3.24. The molecule has 2 aromatic carbocycles. The van der Waals surface area contributed by atoms with Crippen molar-refractivity contribution in [3.05, 3.63) is 93.7 Å². The molecule has 3 rings (SSSR count). The van der Waals surface area contributed by atoms with Crippen LogP contribution in [0.1, 0.15) is 34.5 Å². The second-order valence-electron chi connectivity index (χ2n) is 7.26. The highest BCUT2D eigenvalue weighted by atomic mass is 32.1. The van der Waals surface area contributed by atoms with Crippen LogP contribution in [0, 0.1) is 6.92 Å². The van der Waals surface area contributed by atoms with Crippen molar-refractivity contribution in [2.24, 2.45) is 0 Å². The highest BCUT2D eigenvalue weighted by Gasteiger charge is 2.22. The van der Waals surface area contributed by atoms with Crippen LogP contribution in [0.5, 0.6) is 0 Å². The van der Waals surface area contributed by atoms with Gasteiger partial charge in [0.1, 0.15) is 6.04 Å². The Balaban J connectivity index is 1.64. The summed E-state index contributed by atoms with van der Waals surface area (Å²) >= 11 is 1.69. The molecule has 0 radical (unpaired) electrons. The molecule has 3 aromatic rings. The number of nitrogens with two attached hydrogens (primary N) is 1. The van der Waals surface area contributed by atoms with Gasteiger partial charge in [0.25, 0.3) is 5.91 Å². The van der Waals surface area contributed by atoms with Crippen LogP contribution >= 0.6 is 11.3 Å². The monoisotopic (exact) mass is 407 g/mol. The standard InChI is InChI=1S/C24H26N2O2S/c1-17-10-12-20(13-11-17)24(22-9-6-14-29-22)25-16-23(28)26-21(18(2)27)15-19-7-4-3-5-8-19/h3-14,21,24-25H,15-16H2,1-2H3,(H,26,28)/p+1/t21-,24+/m0/s1. The quantitative estimate of drug-likeness (QED) is 0.573. The lowest BCUT2D eigenvalue weighted by Crippen LogP contribution is -2.87. The zero-order valence-corrected chi connectivity index (χ0v) is 17.6. The number of carbonyl (C=O) groups is 2. The van der Waals surface area contributed by atoms with Crippen molar-refractivity contribution in [2.75, 3.05) is 6.54 Å². The Bertz CT molecular complexity index is 921. The number of ketones is 1. The molecule has 0 saturated heterocycles. The summed E-state index contributed by atoms with van der Waals surface area (Å²) in [4.78, 5) is 25.9. The summed E-state index contributed by atoms with van der Waals surface area (Å²) in [5.41, 5.74) is 3.41. The van der Waals surface area contributed by atoms with Gasteiger partial charge in [0, 0.05) is 5.56 Å². The van der Waals surface area contributed by atoms with Crippen molar-refractivity contribution in [2.45, 2.75) is 32.4 Å². The molecule has 2 atom stereocenters. The van der Waals surface area contributed by atoms with Gasteiger partial charge in [-0.2, -0.15) is 0 Å². The molecular weight excluding hydrogens is 380 g/mol. The van der Waals surface area contributed by atoms with Crippen LogP contribution in [0.25, 0.3) is 0 Å². The average molecular weight is 408 g/mol. The maximum Gasteiger partial charge on any atom is 0.275 e. The van der Waals surface area contributed by atoms with Crippen molar-refractivity contribution in [3.63, 3.8) is 0 Å². The number of Topliss-reactive ketones (excluding diaryl/α,β-unsaturated/α-hetero) is 1. The van der Waals surface area contributed by atoms with E-state index in [-0.39, 0.29) is 24.3 Å². The summed E-state index contributed by atoms with van der Waals surface area (Å²) in [7, 11) is 0. The number of hydrogen-bond donors (Lipinski definition) is 2. The molecule has 1 aromatic heterocycles. The van der Waals surface area contributed by atoms with Crippen molar-refractivity contribution in [1.82, 2.24) is 5.32 Å². The molecule has 4 nitrogen and oxygen atoms in total. The van der Waals surface area contributed by atoms with E-state index in [2.05, 4.69) is 48.0 Å². The van der Waals surface area contributed by atoms with Crippen LogP contribution in [0.15, 0.2) is 72.1 Å². The fourth-order valence-corrected chi connectivity index (χ4v) is 4.13.